The average Bonchev–Trinajstić information content (AvgIpc) is 2.71. The van der Waals surface area contributed by atoms with Gasteiger partial charge in [0.2, 0.25) is 11.8 Å². The zero-order chi connectivity index (χ0) is 23.7. The molecule has 0 bridgehead atoms. The Balaban J connectivity index is 2.00. The Morgan fingerprint density at radius 1 is 0.969 bits per heavy atom. The van der Waals surface area contributed by atoms with Gasteiger partial charge < -0.3 is 15.4 Å². The first-order valence-corrected chi connectivity index (χ1v) is 11.6. The second-order valence-corrected chi connectivity index (χ2v) is 9.89. The molecule has 2 amide bonds. The molecule has 0 radical (unpaired) electrons. The maximum atomic E-state index is 12.8. The lowest BCUT2D eigenvalue weighted by Crippen LogP contribution is -2.24. The molecule has 2 N–H and O–H groups in total. The standard InChI is InChI=1S/C25H32N2O4S/c1-6-21(23(29)27-18-13-11-17(12-14-18)24(30)31-7-2)32-20-10-8-9-19(15-20)26-22(28)16-25(3,4)5/h8-15,21H,6-7,16H2,1-5H3,(H,26,28)(H,27,29). The molecule has 0 aliphatic heterocycles. The molecule has 0 aliphatic rings. The minimum Gasteiger partial charge on any atom is -0.462 e. The lowest BCUT2D eigenvalue weighted by molar-refractivity contribution is -0.118. The molecule has 2 aromatic carbocycles. The van der Waals surface area contributed by atoms with Crippen LogP contribution in [0, 0.1) is 5.41 Å². The summed E-state index contributed by atoms with van der Waals surface area (Å²) in [5, 5.41) is 5.53. The molecular formula is C25H32N2O4S. The number of benzene rings is 2. The number of rotatable bonds is 9. The summed E-state index contributed by atoms with van der Waals surface area (Å²) in [6.45, 7) is 10.1. The fraction of sp³-hybridized carbons (Fsp3) is 0.400. The molecule has 2 rings (SSSR count). The van der Waals surface area contributed by atoms with Crippen LogP contribution in [0.15, 0.2) is 53.4 Å². The Kier molecular flexibility index (Phi) is 9.32. The van der Waals surface area contributed by atoms with E-state index in [1.165, 1.54) is 11.8 Å². The van der Waals surface area contributed by atoms with E-state index in [1.54, 1.807) is 31.2 Å². The van der Waals surface area contributed by atoms with Gasteiger partial charge in [-0.15, -0.1) is 11.8 Å². The summed E-state index contributed by atoms with van der Waals surface area (Å²) in [6, 6.07) is 14.2. The van der Waals surface area contributed by atoms with Crippen molar-refractivity contribution in [3.63, 3.8) is 0 Å². The molecule has 0 aliphatic carbocycles. The van der Waals surface area contributed by atoms with Crippen LogP contribution in [-0.4, -0.2) is 29.6 Å². The highest BCUT2D eigenvalue weighted by molar-refractivity contribution is 8.00. The van der Waals surface area contributed by atoms with Gasteiger partial charge in [0.05, 0.1) is 17.4 Å². The van der Waals surface area contributed by atoms with Gasteiger partial charge >= 0.3 is 5.97 Å². The molecule has 172 valence electrons. The van der Waals surface area contributed by atoms with E-state index in [0.29, 0.717) is 36.4 Å². The number of nitrogens with one attached hydrogen (secondary N) is 2. The van der Waals surface area contributed by atoms with Crippen molar-refractivity contribution in [3.8, 4) is 0 Å². The van der Waals surface area contributed by atoms with Crippen molar-refractivity contribution in [2.24, 2.45) is 5.41 Å². The minimum absolute atomic E-state index is 0.0318. The van der Waals surface area contributed by atoms with Gasteiger partial charge in [-0.3, -0.25) is 9.59 Å². The van der Waals surface area contributed by atoms with Crippen LogP contribution in [0.2, 0.25) is 0 Å². The van der Waals surface area contributed by atoms with Crippen LogP contribution in [0.3, 0.4) is 0 Å². The predicted molar refractivity (Wildman–Crippen MR) is 130 cm³/mol. The number of hydrogen-bond acceptors (Lipinski definition) is 5. The molecule has 1 atom stereocenters. The number of ether oxygens (including phenoxy) is 1. The van der Waals surface area contributed by atoms with Crippen LogP contribution < -0.4 is 10.6 Å². The number of anilines is 2. The average molecular weight is 457 g/mol. The van der Waals surface area contributed by atoms with Gasteiger partial charge in [-0.25, -0.2) is 4.79 Å². The molecule has 1 unspecified atom stereocenters. The Morgan fingerprint density at radius 2 is 1.66 bits per heavy atom. The van der Waals surface area contributed by atoms with E-state index in [2.05, 4.69) is 10.6 Å². The summed E-state index contributed by atoms with van der Waals surface area (Å²) < 4.78 is 4.97. The third-order valence-corrected chi connectivity index (χ3v) is 5.77. The topological polar surface area (TPSA) is 84.5 Å². The molecule has 6 nitrogen and oxygen atoms in total. The first kappa shape index (κ1) is 25.5. The molecule has 0 spiro atoms. The Bertz CT molecular complexity index is 936. The highest BCUT2D eigenvalue weighted by atomic mass is 32.2. The number of esters is 1. The van der Waals surface area contributed by atoms with Crippen LogP contribution in [-0.2, 0) is 14.3 Å². The fourth-order valence-electron chi connectivity index (χ4n) is 2.95. The van der Waals surface area contributed by atoms with Gasteiger partial charge in [-0.1, -0.05) is 33.8 Å². The van der Waals surface area contributed by atoms with Gasteiger partial charge in [-0.2, -0.15) is 0 Å². The molecule has 0 heterocycles. The maximum Gasteiger partial charge on any atom is 0.338 e. The quantitative estimate of drug-likeness (QED) is 0.371. The smallest absolute Gasteiger partial charge is 0.338 e. The lowest BCUT2D eigenvalue weighted by atomic mass is 9.92. The van der Waals surface area contributed by atoms with E-state index in [-0.39, 0.29) is 28.4 Å². The molecule has 0 fully saturated rings. The maximum absolute atomic E-state index is 12.8. The SMILES string of the molecule is CCOC(=O)c1ccc(NC(=O)C(CC)Sc2cccc(NC(=O)CC(C)(C)C)c2)cc1. The first-order chi connectivity index (χ1) is 15.1. The van der Waals surface area contributed by atoms with E-state index in [1.807, 2.05) is 52.0 Å². The van der Waals surface area contributed by atoms with Crippen molar-refractivity contribution in [2.75, 3.05) is 17.2 Å². The zero-order valence-electron chi connectivity index (χ0n) is 19.4. The summed E-state index contributed by atoms with van der Waals surface area (Å²) in [6.07, 6.45) is 1.07. The molecule has 2 aromatic rings. The van der Waals surface area contributed by atoms with Crippen LogP contribution in [0.5, 0.6) is 0 Å². The third kappa shape index (κ3) is 8.38. The van der Waals surface area contributed by atoms with Crippen molar-refractivity contribution < 1.29 is 19.1 Å². The summed E-state index contributed by atoms with van der Waals surface area (Å²) in [4.78, 5) is 37.7. The molecule has 7 heteroatoms. The number of amides is 2. The van der Waals surface area contributed by atoms with E-state index in [4.69, 9.17) is 4.74 Å². The van der Waals surface area contributed by atoms with Gasteiger partial charge in [-0.05, 0) is 61.2 Å². The van der Waals surface area contributed by atoms with Crippen molar-refractivity contribution in [1.29, 1.82) is 0 Å². The minimum atomic E-state index is -0.387. The predicted octanol–water partition coefficient (Wildman–Crippen LogP) is 5.75. The largest absolute Gasteiger partial charge is 0.462 e. The van der Waals surface area contributed by atoms with Gasteiger partial charge in [0.25, 0.3) is 0 Å². The number of hydrogen-bond donors (Lipinski definition) is 2. The third-order valence-electron chi connectivity index (χ3n) is 4.41. The normalized spacial score (nSPS) is 12.0. The van der Waals surface area contributed by atoms with Gasteiger partial charge in [0, 0.05) is 22.7 Å². The second-order valence-electron chi connectivity index (χ2n) is 8.62. The molecule has 32 heavy (non-hydrogen) atoms. The van der Waals surface area contributed by atoms with Gasteiger partial charge in [0.1, 0.15) is 0 Å². The van der Waals surface area contributed by atoms with E-state index in [0.717, 1.165) is 4.90 Å². The summed E-state index contributed by atoms with van der Waals surface area (Å²) >= 11 is 1.45. The molecular weight excluding hydrogens is 424 g/mol. The fourth-order valence-corrected chi connectivity index (χ4v) is 3.96. The Morgan fingerprint density at radius 3 is 2.25 bits per heavy atom. The highest BCUT2D eigenvalue weighted by Gasteiger charge is 2.19. The first-order valence-electron chi connectivity index (χ1n) is 10.8. The van der Waals surface area contributed by atoms with Crippen molar-refractivity contribution >= 4 is 40.9 Å². The van der Waals surface area contributed by atoms with Crippen LogP contribution in [0.4, 0.5) is 11.4 Å². The summed E-state index contributed by atoms with van der Waals surface area (Å²) in [7, 11) is 0. The van der Waals surface area contributed by atoms with E-state index < -0.39 is 0 Å². The van der Waals surface area contributed by atoms with Crippen molar-refractivity contribution in [2.45, 2.75) is 57.6 Å². The second kappa shape index (κ2) is 11.7. The van der Waals surface area contributed by atoms with Crippen molar-refractivity contribution in [1.82, 2.24) is 0 Å². The van der Waals surface area contributed by atoms with Crippen LogP contribution >= 0.6 is 11.8 Å². The Labute approximate surface area is 194 Å². The summed E-state index contributed by atoms with van der Waals surface area (Å²) in [5.74, 6) is -0.541. The molecule has 0 saturated heterocycles. The molecule has 0 saturated carbocycles. The van der Waals surface area contributed by atoms with Gasteiger partial charge in [0.15, 0.2) is 0 Å². The number of thioether (sulfide) groups is 1. The van der Waals surface area contributed by atoms with Crippen LogP contribution in [0.1, 0.15) is 57.8 Å². The number of carbonyl (C=O) groups is 3. The lowest BCUT2D eigenvalue weighted by Gasteiger charge is -2.18. The summed E-state index contributed by atoms with van der Waals surface area (Å²) in [5.41, 5.74) is 1.69. The number of carbonyl (C=O) groups excluding carboxylic acids is 3. The Hall–Kier alpha value is -2.80. The zero-order valence-corrected chi connectivity index (χ0v) is 20.2. The van der Waals surface area contributed by atoms with E-state index in [9.17, 15) is 14.4 Å². The molecule has 0 aromatic heterocycles. The van der Waals surface area contributed by atoms with E-state index >= 15 is 0 Å². The van der Waals surface area contributed by atoms with Crippen LogP contribution in [0.25, 0.3) is 0 Å². The highest BCUT2D eigenvalue weighted by Crippen LogP contribution is 2.29. The monoisotopic (exact) mass is 456 g/mol. The van der Waals surface area contributed by atoms with Crippen molar-refractivity contribution in [3.05, 3.63) is 54.1 Å².